The zero-order valence-corrected chi connectivity index (χ0v) is 21.8. The molecular formula is C28H38ClN3O2. The number of aromatic nitrogens is 1. The summed E-state index contributed by atoms with van der Waals surface area (Å²) in [6.45, 7) is 6.86. The van der Waals surface area contributed by atoms with E-state index in [1.807, 2.05) is 24.1 Å². The number of rotatable bonds is 4. The molecule has 4 aliphatic rings. The average molecular weight is 484 g/mol. The van der Waals surface area contributed by atoms with E-state index in [1.165, 1.54) is 6.42 Å². The molecule has 1 aromatic rings. The Bertz CT molecular complexity index is 1040. The minimum atomic E-state index is -0.0161. The van der Waals surface area contributed by atoms with E-state index < -0.39 is 0 Å². The smallest absolute Gasteiger partial charge is 0.226 e. The molecule has 2 amide bonds. The van der Waals surface area contributed by atoms with Crippen molar-refractivity contribution in [2.24, 2.45) is 34.5 Å². The third-order valence-electron chi connectivity index (χ3n) is 10.1. The maximum atomic E-state index is 13.0. The topological polar surface area (TPSA) is 62.3 Å². The summed E-state index contributed by atoms with van der Waals surface area (Å²) in [5.41, 5.74) is 3.09. The van der Waals surface area contributed by atoms with Crippen LogP contribution in [0, 0.1) is 34.5 Å². The number of hydrogen-bond acceptors (Lipinski definition) is 3. The van der Waals surface area contributed by atoms with E-state index in [9.17, 15) is 9.59 Å². The van der Waals surface area contributed by atoms with Crippen LogP contribution in [0.3, 0.4) is 0 Å². The Hall–Kier alpha value is -1.88. The van der Waals surface area contributed by atoms with E-state index in [0.717, 1.165) is 60.6 Å². The van der Waals surface area contributed by atoms with Crippen molar-refractivity contribution < 1.29 is 9.59 Å². The van der Waals surface area contributed by atoms with Crippen LogP contribution in [0.1, 0.15) is 77.8 Å². The van der Waals surface area contributed by atoms with Crippen LogP contribution < -0.4 is 5.32 Å². The summed E-state index contributed by atoms with van der Waals surface area (Å²) in [6.07, 6.45) is 10.2. The molecule has 5 nitrogen and oxygen atoms in total. The zero-order chi connectivity index (χ0) is 24.3. The van der Waals surface area contributed by atoms with Gasteiger partial charge in [0, 0.05) is 53.6 Å². The number of carbonyl (C=O) groups is 2. The Labute approximate surface area is 208 Å². The lowest BCUT2D eigenvalue weighted by Crippen LogP contribution is -2.54. The number of hydrogen-bond donors (Lipinski definition) is 1. The van der Waals surface area contributed by atoms with Gasteiger partial charge in [-0.2, -0.15) is 0 Å². The first-order chi connectivity index (χ1) is 16.2. The fourth-order valence-corrected chi connectivity index (χ4v) is 8.83. The number of nitrogens with one attached hydrogen (secondary N) is 1. The van der Waals surface area contributed by atoms with Gasteiger partial charge in [-0.05, 0) is 86.2 Å². The number of allylic oxidation sites excluding steroid dienone is 2. The van der Waals surface area contributed by atoms with Gasteiger partial charge in [0.1, 0.15) is 0 Å². The number of carbonyl (C=O) groups excluding carboxylic acids is 2. The highest BCUT2D eigenvalue weighted by atomic mass is 35.5. The van der Waals surface area contributed by atoms with Crippen LogP contribution in [-0.4, -0.2) is 28.7 Å². The lowest BCUT2D eigenvalue weighted by molar-refractivity contribution is -0.136. The number of pyridine rings is 1. The van der Waals surface area contributed by atoms with Crippen molar-refractivity contribution in [1.82, 2.24) is 9.88 Å². The van der Waals surface area contributed by atoms with Crippen molar-refractivity contribution in [1.29, 1.82) is 0 Å². The second-order valence-electron chi connectivity index (χ2n) is 11.7. The summed E-state index contributed by atoms with van der Waals surface area (Å²) in [5.74, 6) is 2.41. The van der Waals surface area contributed by atoms with E-state index in [1.54, 1.807) is 6.20 Å². The molecule has 6 heteroatoms. The molecule has 0 spiro atoms. The molecule has 5 unspecified atom stereocenters. The van der Waals surface area contributed by atoms with Crippen molar-refractivity contribution in [3.05, 3.63) is 34.8 Å². The number of aryl methyl sites for hydroxylation is 1. The summed E-state index contributed by atoms with van der Waals surface area (Å²) in [7, 11) is 1.90. The van der Waals surface area contributed by atoms with Crippen LogP contribution in [-0.2, 0) is 16.0 Å². The molecule has 3 fully saturated rings. The first kappa shape index (κ1) is 23.8. The Balaban J connectivity index is 1.34. The van der Waals surface area contributed by atoms with Crippen LogP contribution in [0.5, 0.6) is 0 Å². The van der Waals surface area contributed by atoms with Gasteiger partial charge in [0.2, 0.25) is 11.8 Å². The first-order valence-electron chi connectivity index (χ1n) is 13.1. The molecule has 0 radical (unpaired) electrons. The largest absolute Gasteiger partial charge is 0.326 e. The molecule has 0 aromatic carbocycles. The summed E-state index contributed by atoms with van der Waals surface area (Å²) in [5, 5.41) is 4.02. The van der Waals surface area contributed by atoms with E-state index >= 15 is 0 Å². The lowest BCUT2D eigenvalue weighted by atomic mass is 9.49. The normalized spacial score (nSPS) is 37.2. The SMILES string of the molecule is CCc1cc(NC(=O)CC2CCC3C4CC(Cl)=C5N(C)C(=O)CCC5(C)C4CC[C@@]23C)ccn1. The zero-order valence-electron chi connectivity index (χ0n) is 21.0. The molecule has 5 rings (SSSR count). The van der Waals surface area contributed by atoms with Gasteiger partial charge in [0.05, 0.1) is 0 Å². The molecule has 34 heavy (non-hydrogen) atoms. The first-order valence-corrected chi connectivity index (χ1v) is 13.5. The van der Waals surface area contributed by atoms with Gasteiger partial charge in [-0.15, -0.1) is 0 Å². The van der Waals surface area contributed by atoms with Crippen LogP contribution in [0.2, 0.25) is 0 Å². The predicted octanol–water partition coefficient (Wildman–Crippen LogP) is 6.14. The van der Waals surface area contributed by atoms with Gasteiger partial charge >= 0.3 is 0 Å². The molecule has 6 atom stereocenters. The van der Waals surface area contributed by atoms with E-state index in [2.05, 4.69) is 31.1 Å². The molecule has 0 bridgehead atoms. The number of fused-ring (bicyclic) bond motifs is 5. The maximum Gasteiger partial charge on any atom is 0.226 e. The molecule has 1 aliphatic heterocycles. The molecule has 2 saturated carbocycles. The summed E-state index contributed by atoms with van der Waals surface area (Å²) >= 11 is 6.95. The quantitative estimate of drug-likeness (QED) is 0.559. The highest BCUT2D eigenvalue weighted by Gasteiger charge is 2.60. The molecule has 184 valence electrons. The van der Waals surface area contributed by atoms with Crippen LogP contribution in [0.25, 0.3) is 0 Å². The minimum Gasteiger partial charge on any atom is -0.326 e. The monoisotopic (exact) mass is 483 g/mol. The van der Waals surface area contributed by atoms with Gasteiger partial charge in [-0.25, -0.2) is 0 Å². The lowest BCUT2D eigenvalue weighted by Gasteiger charge is -2.59. The number of halogens is 1. The summed E-state index contributed by atoms with van der Waals surface area (Å²) in [6, 6.07) is 3.85. The fraction of sp³-hybridized carbons (Fsp3) is 0.679. The number of nitrogens with zero attached hydrogens (tertiary/aromatic N) is 2. The van der Waals surface area contributed by atoms with E-state index in [0.29, 0.717) is 36.5 Å². The van der Waals surface area contributed by atoms with Crippen molar-refractivity contribution in [3.63, 3.8) is 0 Å². The van der Waals surface area contributed by atoms with Crippen molar-refractivity contribution in [2.75, 3.05) is 12.4 Å². The Morgan fingerprint density at radius 3 is 2.79 bits per heavy atom. The van der Waals surface area contributed by atoms with Gasteiger partial charge in [0.25, 0.3) is 0 Å². The highest BCUT2D eigenvalue weighted by molar-refractivity contribution is 6.30. The molecule has 3 aliphatic carbocycles. The third kappa shape index (κ3) is 3.70. The predicted molar refractivity (Wildman–Crippen MR) is 135 cm³/mol. The molecule has 1 aromatic heterocycles. The Morgan fingerprint density at radius 2 is 2.03 bits per heavy atom. The highest BCUT2D eigenvalue weighted by Crippen LogP contribution is 2.67. The van der Waals surface area contributed by atoms with Gasteiger partial charge in [-0.1, -0.05) is 32.4 Å². The van der Waals surface area contributed by atoms with Gasteiger partial charge in [0.15, 0.2) is 0 Å². The van der Waals surface area contributed by atoms with E-state index in [-0.39, 0.29) is 22.6 Å². The third-order valence-corrected chi connectivity index (χ3v) is 10.5. The Morgan fingerprint density at radius 1 is 1.24 bits per heavy atom. The number of anilines is 1. The second kappa shape index (κ2) is 8.65. The Kier molecular flexibility index (Phi) is 6.07. The number of piperidine rings is 1. The van der Waals surface area contributed by atoms with Gasteiger partial charge < -0.3 is 10.2 Å². The van der Waals surface area contributed by atoms with Crippen LogP contribution in [0.4, 0.5) is 5.69 Å². The number of likely N-dealkylation sites (tertiary alicyclic amines) is 1. The van der Waals surface area contributed by atoms with Gasteiger partial charge in [-0.3, -0.25) is 14.6 Å². The standard InChI is InChI=1S/C28H38ClN3O2/c1-5-18-15-19(10-13-30-18)31-24(33)14-17-6-7-21-20-16-23(29)26-28(3,12-9-25(34)32(26)4)22(20)8-11-27(17,21)2/h10,13,15,17,20-22H,5-9,11-12,14,16H2,1-4H3,(H,30,31,33)/t17?,20?,21?,22?,27-,28?/m0/s1. The average Bonchev–Trinajstić information content (AvgIpc) is 3.13. The number of amides is 2. The van der Waals surface area contributed by atoms with Crippen molar-refractivity contribution >= 4 is 29.1 Å². The summed E-state index contributed by atoms with van der Waals surface area (Å²) in [4.78, 5) is 31.6. The minimum absolute atomic E-state index is 0.0161. The molecule has 2 heterocycles. The van der Waals surface area contributed by atoms with Crippen molar-refractivity contribution in [2.45, 2.75) is 78.6 Å². The second-order valence-corrected chi connectivity index (χ2v) is 12.1. The summed E-state index contributed by atoms with van der Waals surface area (Å²) < 4.78 is 0. The fourth-order valence-electron chi connectivity index (χ4n) is 8.31. The molecular weight excluding hydrogens is 446 g/mol. The van der Waals surface area contributed by atoms with E-state index in [4.69, 9.17) is 11.6 Å². The molecule has 1 N–H and O–H groups in total. The van der Waals surface area contributed by atoms with Crippen LogP contribution in [0.15, 0.2) is 29.1 Å². The molecule has 1 saturated heterocycles. The van der Waals surface area contributed by atoms with Crippen LogP contribution >= 0.6 is 11.6 Å². The maximum absolute atomic E-state index is 13.0. The van der Waals surface area contributed by atoms with Crippen molar-refractivity contribution in [3.8, 4) is 0 Å².